The topological polar surface area (TPSA) is 30.0 Å². The fourth-order valence-corrected chi connectivity index (χ4v) is 1.38. The van der Waals surface area contributed by atoms with Crippen molar-refractivity contribution in [2.24, 2.45) is 5.41 Å². The molecule has 0 atom stereocenters. The quantitative estimate of drug-likeness (QED) is 0.735. The van der Waals surface area contributed by atoms with E-state index in [0.29, 0.717) is 18.6 Å². The number of ketones is 1. The number of rotatable bonds is 3. The second-order valence-electron chi connectivity index (χ2n) is 4.81. The van der Waals surface area contributed by atoms with Gasteiger partial charge in [0.2, 0.25) is 0 Å². The molecular weight excluding hydrogens is 174 g/mol. The molecule has 14 heavy (non-hydrogen) atoms. The Labute approximate surface area is 85.4 Å². The van der Waals surface area contributed by atoms with Crippen LogP contribution in [0, 0.1) is 5.41 Å². The largest absolute Gasteiger partial charge is 0.299 e. The summed E-state index contributed by atoms with van der Waals surface area (Å²) >= 11 is 0. The molecule has 0 aromatic carbocycles. The normalized spacial score (nSPS) is 11.4. The lowest BCUT2D eigenvalue weighted by molar-refractivity contribution is -0.120. The molecule has 1 aromatic heterocycles. The Balaban J connectivity index is 2.50. The summed E-state index contributed by atoms with van der Waals surface area (Å²) in [6.45, 7) is 6.24. The molecule has 0 aliphatic carbocycles. The lowest BCUT2D eigenvalue weighted by Gasteiger charge is -2.16. The van der Waals surface area contributed by atoms with E-state index in [1.165, 1.54) is 0 Å². The average Bonchev–Trinajstić information content (AvgIpc) is 2.02. The van der Waals surface area contributed by atoms with Gasteiger partial charge in [-0.05, 0) is 23.1 Å². The third-order valence-corrected chi connectivity index (χ3v) is 1.88. The van der Waals surface area contributed by atoms with E-state index in [-0.39, 0.29) is 5.41 Å². The van der Waals surface area contributed by atoms with E-state index >= 15 is 0 Å². The SMILES string of the molecule is CC(C)(C)CC(=O)Cc1ccncc1. The molecule has 1 heterocycles. The minimum atomic E-state index is 0.0874. The molecule has 0 unspecified atom stereocenters. The summed E-state index contributed by atoms with van der Waals surface area (Å²) < 4.78 is 0. The van der Waals surface area contributed by atoms with Crippen molar-refractivity contribution in [3.63, 3.8) is 0 Å². The molecule has 0 N–H and O–H groups in total. The van der Waals surface area contributed by atoms with Gasteiger partial charge in [-0.2, -0.15) is 0 Å². The molecule has 0 radical (unpaired) electrons. The van der Waals surface area contributed by atoms with Crippen molar-refractivity contribution in [2.45, 2.75) is 33.6 Å². The highest BCUT2D eigenvalue weighted by molar-refractivity contribution is 5.81. The summed E-state index contributed by atoms with van der Waals surface area (Å²) in [6, 6.07) is 3.78. The van der Waals surface area contributed by atoms with Crippen LogP contribution in [0.4, 0.5) is 0 Å². The van der Waals surface area contributed by atoms with Gasteiger partial charge in [0.1, 0.15) is 5.78 Å². The standard InChI is InChI=1S/C12H17NO/c1-12(2,3)9-11(14)8-10-4-6-13-7-5-10/h4-7H,8-9H2,1-3H3. The van der Waals surface area contributed by atoms with Gasteiger partial charge in [0.15, 0.2) is 0 Å². The Hall–Kier alpha value is -1.18. The molecule has 2 nitrogen and oxygen atoms in total. The molecule has 76 valence electrons. The molecule has 0 aliphatic rings. The number of aromatic nitrogens is 1. The van der Waals surface area contributed by atoms with Crippen LogP contribution in [0.15, 0.2) is 24.5 Å². The van der Waals surface area contributed by atoms with E-state index in [4.69, 9.17) is 0 Å². The van der Waals surface area contributed by atoms with Gasteiger partial charge >= 0.3 is 0 Å². The third kappa shape index (κ3) is 4.17. The van der Waals surface area contributed by atoms with Gasteiger partial charge in [-0.1, -0.05) is 20.8 Å². The van der Waals surface area contributed by atoms with Crippen LogP contribution in [-0.4, -0.2) is 10.8 Å². The second-order valence-corrected chi connectivity index (χ2v) is 4.81. The van der Waals surface area contributed by atoms with Crippen LogP contribution in [0.25, 0.3) is 0 Å². The van der Waals surface area contributed by atoms with E-state index in [2.05, 4.69) is 25.8 Å². The number of hydrogen-bond donors (Lipinski definition) is 0. The first-order valence-corrected chi connectivity index (χ1v) is 4.88. The number of nitrogens with zero attached hydrogens (tertiary/aromatic N) is 1. The minimum Gasteiger partial charge on any atom is -0.299 e. The number of pyridine rings is 1. The first kappa shape index (κ1) is 10.9. The van der Waals surface area contributed by atoms with Crippen molar-refractivity contribution in [1.82, 2.24) is 4.98 Å². The van der Waals surface area contributed by atoms with Gasteiger partial charge in [-0.3, -0.25) is 9.78 Å². The number of carbonyl (C=O) groups excluding carboxylic acids is 1. The Morgan fingerprint density at radius 2 is 1.86 bits per heavy atom. The highest BCUT2D eigenvalue weighted by Gasteiger charge is 2.15. The summed E-state index contributed by atoms with van der Waals surface area (Å²) in [4.78, 5) is 15.5. The molecule has 0 saturated carbocycles. The fourth-order valence-electron chi connectivity index (χ4n) is 1.38. The Kier molecular flexibility index (Phi) is 3.39. The van der Waals surface area contributed by atoms with Gasteiger partial charge in [-0.15, -0.1) is 0 Å². The van der Waals surface area contributed by atoms with Crippen molar-refractivity contribution in [3.8, 4) is 0 Å². The Morgan fingerprint density at radius 3 is 2.36 bits per heavy atom. The molecular formula is C12H17NO. The number of hydrogen-bond acceptors (Lipinski definition) is 2. The summed E-state index contributed by atoms with van der Waals surface area (Å²) in [5.41, 5.74) is 1.14. The average molecular weight is 191 g/mol. The minimum absolute atomic E-state index is 0.0874. The molecule has 0 saturated heterocycles. The molecule has 0 amide bonds. The van der Waals surface area contributed by atoms with Crippen LogP contribution < -0.4 is 0 Å². The zero-order chi connectivity index (χ0) is 10.6. The maximum Gasteiger partial charge on any atom is 0.137 e. The molecule has 0 spiro atoms. The smallest absolute Gasteiger partial charge is 0.137 e. The highest BCUT2D eigenvalue weighted by atomic mass is 16.1. The highest BCUT2D eigenvalue weighted by Crippen LogP contribution is 2.19. The Morgan fingerprint density at radius 1 is 1.29 bits per heavy atom. The molecule has 1 rings (SSSR count). The first-order valence-electron chi connectivity index (χ1n) is 4.88. The summed E-state index contributed by atoms with van der Waals surface area (Å²) in [5.74, 6) is 0.295. The number of carbonyl (C=O) groups is 1. The van der Waals surface area contributed by atoms with E-state index in [9.17, 15) is 4.79 Å². The van der Waals surface area contributed by atoms with Gasteiger partial charge in [0, 0.05) is 25.2 Å². The first-order chi connectivity index (χ1) is 6.47. The van der Waals surface area contributed by atoms with Crippen LogP contribution in [0.5, 0.6) is 0 Å². The fraction of sp³-hybridized carbons (Fsp3) is 0.500. The predicted molar refractivity (Wildman–Crippen MR) is 57.0 cm³/mol. The van der Waals surface area contributed by atoms with Crippen molar-refractivity contribution in [3.05, 3.63) is 30.1 Å². The molecule has 0 aliphatic heterocycles. The van der Waals surface area contributed by atoms with Crippen LogP contribution in [-0.2, 0) is 11.2 Å². The summed E-state index contributed by atoms with van der Waals surface area (Å²) in [7, 11) is 0. The van der Waals surface area contributed by atoms with Crippen LogP contribution in [0.3, 0.4) is 0 Å². The van der Waals surface area contributed by atoms with Crippen molar-refractivity contribution in [2.75, 3.05) is 0 Å². The predicted octanol–water partition coefficient (Wildman–Crippen LogP) is 2.63. The van der Waals surface area contributed by atoms with Gasteiger partial charge in [0.25, 0.3) is 0 Å². The van der Waals surface area contributed by atoms with E-state index in [1.54, 1.807) is 12.4 Å². The monoisotopic (exact) mass is 191 g/mol. The second kappa shape index (κ2) is 4.36. The lowest BCUT2D eigenvalue weighted by Crippen LogP contribution is -2.14. The Bertz CT molecular complexity index is 298. The summed E-state index contributed by atoms with van der Waals surface area (Å²) in [6.07, 6.45) is 4.61. The van der Waals surface area contributed by atoms with Crippen molar-refractivity contribution >= 4 is 5.78 Å². The van der Waals surface area contributed by atoms with Crippen LogP contribution in [0.1, 0.15) is 32.8 Å². The molecule has 0 fully saturated rings. The van der Waals surface area contributed by atoms with E-state index in [0.717, 1.165) is 5.56 Å². The van der Waals surface area contributed by atoms with E-state index in [1.807, 2.05) is 12.1 Å². The maximum absolute atomic E-state index is 11.6. The lowest BCUT2D eigenvalue weighted by atomic mass is 9.88. The van der Waals surface area contributed by atoms with Crippen LogP contribution in [0.2, 0.25) is 0 Å². The van der Waals surface area contributed by atoms with Crippen molar-refractivity contribution in [1.29, 1.82) is 0 Å². The molecule has 2 heteroatoms. The van der Waals surface area contributed by atoms with E-state index < -0.39 is 0 Å². The summed E-state index contributed by atoms with van der Waals surface area (Å²) in [5, 5.41) is 0. The molecule has 1 aromatic rings. The van der Waals surface area contributed by atoms with Gasteiger partial charge in [-0.25, -0.2) is 0 Å². The van der Waals surface area contributed by atoms with Gasteiger partial charge in [0.05, 0.1) is 0 Å². The zero-order valence-electron chi connectivity index (χ0n) is 9.08. The molecule has 0 bridgehead atoms. The third-order valence-electron chi connectivity index (χ3n) is 1.88. The maximum atomic E-state index is 11.6. The van der Waals surface area contributed by atoms with Crippen molar-refractivity contribution < 1.29 is 4.79 Å². The zero-order valence-corrected chi connectivity index (χ0v) is 9.08. The van der Waals surface area contributed by atoms with Gasteiger partial charge < -0.3 is 0 Å². The van der Waals surface area contributed by atoms with Crippen LogP contribution >= 0.6 is 0 Å². The number of Topliss-reactive ketones (excluding diaryl/α,β-unsaturated/α-hetero) is 1.